The van der Waals surface area contributed by atoms with E-state index in [0.29, 0.717) is 29.4 Å². The van der Waals surface area contributed by atoms with Crippen LogP contribution in [0.1, 0.15) is 27.0 Å². The van der Waals surface area contributed by atoms with Crippen molar-refractivity contribution in [1.29, 1.82) is 0 Å². The van der Waals surface area contributed by atoms with Gasteiger partial charge in [0.25, 0.3) is 11.8 Å². The number of hydrogen-bond acceptors (Lipinski definition) is 7. The molecular formula is C31H34N4O7. The molecule has 0 aromatic heterocycles. The molecular weight excluding hydrogens is 540 g/mol. The van der Waals surface area contributed by atoms with E-state index in [1.54, 1.807) is 29.2 Å². The van der Waals surface area contributed by atoms with E-state index in [2.05, 4.69) is 16.0 Å². The van der Waals surface area contributed by atoms with Crippen LogP contribution in [0.3, 0.4) is 0 Å². The molecule has 3 aromatic rings. The Bertz CT molecular complexity index is 1480. The molecule has 3 aromatic carbocycles. The molecule has 0 aliphatic carbocycles. The first-order valence-corrected chi connectivity index (χ1v) is 13.6. The van der Waals surface area contributed by atoms with E-state index in [1.165, 1.54) is 20.3 Å². The van der Waals surface area contributed by atoms with E-state index < -0.39 is 12.1 Å². The Morgan fingerprint density at radius 3 is 2.62 bits per heavy atom. The Morgan fingerprint density at radius 2 is 1.83 bits per heavy atom. The Hall–Kier alpha value is -4.93. The molecule has 2 atom stereocenters. The number of fused-ring (bicyclic) bond motifs is 7. The summed E-state index contributed by atoms with van der Waals surface area (Å²) in [6, 6.07) is 17.2. The normalized spacial score (nSPS) is 18.5. The van der Waals surface area contributed by atoms with E-state index in [-0.39, 0.29) is 49.8 Å². The predicted octanol–water partition coefficient (Wildman–Crippen LogP) is 2.79. The molecule has 4 bridgehead atoms. The molecule has 6 rings (SSSR count). The van der Waals surface area contributed by atoms with Crippen LogP contribution < -0.4 is 34.9 Å². The third-order valence-electron chi connectivity index (χ3n) is 7.18. The largest absolute Gasteiger partial charge is 0.493 e. The van der Waals surface area contributed by atoms with Gasteiger partial charge in [-0.1, -0.05) is 35.9 Å². The van der Waals surface area contributed by atoms with E-state index in [4.69, 9.17) is 18.9 Å². The predicted molar refractivity (Wildman–Crippen MR) is 154 cm³/mol. The Balaban J connectivity index is 1.41. The van der Waals surface area contributed by atoms with Gasteiger partial charge in [-0.3, -0.25) is 9.59 Å². The molecule has 11 nitrogen and oxygen atoms in total. The molecule has 220 valence electrons. The summed E-state index contributed by atoms with van der Waals surface area (Å²) < 4.78 is 23.0. The fourth-order valence-corrected chi connectivity index (χ4v) is 4.97. The van der Waals surface area contributed by atoms with Gasteiger partial charge in [0.05, 0.1) is 26.8 Å². The fourth-order valence-electron chi connectivity index (χ4n) is 4.97. The summed E-state index contributed by atoms with van der Waals surface area (Å²) in [6.45, 7) is 2.83. The monoisotopic (exact) mass is 574 g/mol. The molecule has 3 N–H and O–H groups in total. The number of benzene rings is 3. The van der Waals surface area contributed by atoms with Gasteiger partial charge in [-0.2, -0.15) is 0 Å². The van der Waals surface area contributed by atoms with E-state index in [1.807, 2.05) is 37.3 Å². The molecule has 11 heteroatoms. The van der Waals surface area contributed by atoms with Gasteiger partial charge in [0.1, 0.15) is 6.10 Å². The second-order valence-electron chi connectivity index (χ2n) is 10.2. The first-order valence-electron chi connectivity index (χ1n) is 13.6. The number of likely N-dealkylation sites (tertiary alicyclic amines) is 1. The maximum Gasteiger partial charge on any atom is 0.317 e. The molecule has 0 unspecified atom stereocenters. The van der Waals surface area contributed by atoms with Gasteiger partial charge in [0, 0.05) is 25.2 Å². The lowest BCUT2D eigenvalue weighted by Gasteiger charge is -2.22. The number of methoxy groups -OCH3 is 2. The topological polar surface area (TPSA) is 127 Å². The number of ether oxygens (including phenoxy) is 4. The molecule has 0 saturated carbocycles. The number of amides is 4. The minimum absolute atomic E-state index is 0.231. The van der Waals surface area contributed by atoms with Crippen LogP contribution in [-0.2, 0) is 17.9 Å². The maximum atomic E-state index is 13.4. The Labute approximate surface area is 244 Å². The fraction of sp³-hybridized carbons (Fsp3) is 0.323. The minimum Gasteiger partial charge on any atom is -0.493 e. The van der Waals surface area contributed by atoms with E-state index in [0.717, 1.165) is 16.7 Å². The van der Waals surface area contributed by atoms with Crippen LogP contribution >= 0.6 is 0 Å². The summed E-state index contributed by atoms with van der Waals surface area (Å²) in [4.78, 5) is 40.7. The van der Waals surface area contributed by atoms with Crippen molar-refractivity contribution in [3.05, 3.63) is 82.9 Å². The molecule has 1 fully saturated rings. The lowest BCUT2D eigenvalue weighted by atomic mass is 10.1. The Morgan fingerprint density at radius 1 is 1.00 bits per heavy atom. The third kappa shape index (κ3) is 6.68. The van der Waals surface area contributed by atoms with Crippen molar-refractivity contribution in [3.63, 3.8) is 0 Å². The van der Waals surface area contributed by atoms with Crippen LogP contribution in [-0.4, -0.2) is 68.8 Å². The number of rotatable bonds is 4. The Kier molecular flexibility index (Phi) is 8.66. The summed E-state index contributed by atoms with van der Waals surface area (Å²) in [5.74, 6) is 0.830. The van der Waals surface area contributed by atoms with Crippen molar-refractivity contribution in [2.24, 2.45) is 0 Å². The van der Waals surface area contributed by atoms with E-state index >= 15 is 0 Å². The van der Waals surface area contributed by atoms with Crippen molar-refractivity contribution in [2.45, 2.75) is 32.2 Å². The highest BCUT2D eigenvalue weighted by molar-refractivity contribution is 5.95. The molecule has 42 heavy (non-hydrogen) atoms. The van der Waals surface area contributed by atoms with Gasteiger partial charge in [0.2, 0.25) is 0 Å². The standard InChI is InChI=1S/C31H34N4O7/c1-19-5-4-6-20(11-19)15-33-31(38)35-16-23-28(17-35)42-25-9-7-21(12-26(25)40-3)14-32-29(36)18-41-27-13-22(30(37)34-23)8-10-24(27)39-2/h4-13,23,28H,14-18H2,1-3H3,(H,32,36)(H,33,38)(H,34,37)/t23-,28-/m0/s1. The summed E-state index contributed by atoms with van der Waals surface area (Å²) in [6.07, 6.45) is -0.567. The van der Waals surface area contributed by atoms with Crippen molar-refractivity contribution < 1.29 is 33.3 Å². The highest BCUT2D eigenvalue weighted by atomic mass is 16.5. The quantitative estimate of drug-likeness (QED) is 0.437. The van der Waals surface area contributed by atoms with Crippen molar-refractivity contribution >= 4 is 17.8 Å². The van der Waals surface area contributed by atoms with Gasteiger partial charge in [-0.15, -0.1) is 0 Å². The van der Waals surface area contributed by atoms with Gasteiger partial charge in [0.15, 0.2) is 29.6 Å². The summed E-state index contributed by atoms with van der Waals surface area (Å²) in [5.41, 5.74) is 3.20. The number of nitrogens with zero attached hydrogens (tertiary/aromatic N) is 1. The lowest BCUT2D eigenvalue weighted by Crippen LogP contribution is -2.45. The van der Waals surface area contributed by atoms with Crippen LogP contribution in [0.5, 0.6) is 23.0 Å². The molecule has 4 amide bonds. The second kappa shape index (κ2) is 12.7. The third-order valence-corrected chi connectivity index (χ3v) is 7.18. The lowest BCUT2D eigenvalue weighted by molar-refractivity contribution is -0.123. The van der Waals surface area contributed by atoms with Gasteiger partial charge >= 0.3 is 6.03 Å². The minimum atomic E-state index is -0.567. The summed E-state index contributed by atoms with van der Waals surface area (Å²) >= 11 is 0. The van der Waals surface area contributed by atoms with Crippen molar-refractivity contribution in [1.82, 2.24) is 20.9 Å². The zero-order valence-corrected chi connectivity index (χ0v) is 23.8. The average Bonchev–Trinajstić information content (AvgIpc) is 3.39. The van der Waals surface area contributed by atoms with E-state index in [9.17, 15) is 14.4 Å². The smallest absolute Gasteiger partial charge is 0.317 e. The number of hydrogen-bond donors (Lipinski definition) is 3. The summed E-state index contributed by atoms with van der Waals surface area (Å²) in [5, 5.41) is 8.80. The molecule has 3 aliphatic rings. The second-order valence-corrected chi connectivity index (χ2v) is 10.2. The molecule has 1 saturated heterocycles. The number of nitrogens with one attached hydrogen (secondary N) is 3. The van der Waals surface area contributed by atoms with Crippen LogP contribution in [0.25, 0.3) is 0 Å². The number of carbonyl (C=O) groups is 3. The summed E-state index contributed by atoms with van der Waals surface area (Å²) in [7, 11) is 3.01. The highest BCUT2D eigenvalue weighted by Crippen LogP contribution is 2.32. The first-order chi connectivity index (χ1) is 20.3. The SMILES string of the molecule is COc1ccc2cc1OCC(=O)NCc1ccc(c(OC)c1)O[C@H]1CN(C(=O)NCc3cccc(C)c3)C[C@@H]1NC2=O. The van der Waals surface area contributed by atoms with Gasteiger partial charge < -0.3 is 39.8 Å². The maximum absolute atomic E-state index is 13.4. The van der Waals surface area contributed by atoms with Crippen LogP contribution in [0, 0.1) is 6.92 Å². The average molecular weight is 575 g/mol. The zero-order valence-electron chi connectivity index (χ0n) is 23.8. The first kappa shape index (κ1) is 28.6. The van der Waals surface area contributed by atoms with Crippen molar-refractivity contribution in [2.75, 3.05) is 33.9 Å². The van der Waals surface area contributed by atoms with Crippen LogP contribution in [0.15, 0.2) is 60.7 Å². The van der Waals surface area contributed by atoms with Gasteiger partial charge in [-0.25, -0.2) is 4.79 Å². The van der Waals surface area contributed by atoms with Crippen molar-refractivity contribution in [3.8, 4) is 23.0 Å². The van der Waals surface area contributed by atoms with Crippen LogP contribution in [0.4, 0.5) is 4.79 Å². The number of urea groups is 1. The number of aryl methyl sites for hydroxylation is 1. The number of carbonyl (C=O) groups excluding carboxylic acids is 3. The zero-order chi connectivity index (χ0) is 29.6. The molecule has 3 heterocycles. The molecule has 0 spiro atoms. The molecule has 3 aliphatic heterocycles. The highest BCUT2D eigenvalue weighted by Gasteiger charge is 2.38. The van der Waals surface area contributed by atoms with Gasteiger partial charge in [-0.05, 0) is 48.4 Å². The van der Waals surface area contributed by atoms with Crippen LogP contribution in [0.2, 0.25) is 0 Å². The molecule has 0 radical (unpaired) electrons.